The molecule has 0 aromatic heterocycles. The molecule has 1 aromatic carbocycles. The molecule has 0 radical (unpaired) electrons. The van der Waals surface area contributed by atoms with Crippen LogP contribution < -0.4 is 10.5 Å². The summed E-state index contributed by atoms with van der Waals surface area (Å²) in [5, 5.41) is 0. The SMILES string of the molecule is COc1cc2c(cc1C)C(CN)CCC2. The van der Waals surface area contributed by atoms with E-state index >= 15 is 0 Å². The molecule has 0 heterocycles. The molecular weight excluding hydrogens is 186 g/mol. The minimum absolute atomic E-state index is 0.554. The lowest BCUT2D eigenvalue weighted by molar-refractivity contribution is 0.409. The van der Waals surface area contributed by atoms with E-state index in [9.17, 15) is 0 Å². The third kappa shape index (κ3) is 1.86. The number of ether oxygens (including phenoxy) is 1. The van der Waals surface area contributed by atoms with Gasteiger partial charge in [-0.2, -0.15) is 0 Å². The second kappa shape index (κ2) is 4.23. The summed E-state index contributed by atoms with van der Waals surface area (Å²) in [5.41, 5.74) is 9.90. The van der Waals surface area contributed by atoms with Crippen LogP contribution in [0.15, 0.2) is 12.1 Å². The highest BCUT2D eigenvalue weighted by Crippen LogP contribution is 2.34. The first-order valence-corrected chi connectivity index (χ1v) is 5.63. The number of rotatable bonds is 2. The van der Waals surface area contributed by atoms with Crippen LogP contribution in [0.3, 0.4) is 0 Å². The first-order valence-electron chi connectivity index (χ1n) is 5.63. The van der Waals surface area contributed by atoms with E-state index in [1.807, 2.05) is 0 Å². The molecule has 2 N–H and O–H groups in total. The van der Waals surface area contributed by atoms with Crippen molar-refractivity contribution in [1.82, 2.24) is 0 Å². The topological polar surface area (TPSA) is 35.2 Å². The fraction of sp³-hybridized carbons (Fsp3) is 0.538. The van der Waals surface area contributed by atoms with Crippen LogP contribution in [0, 0.1) is 6.92 Å². The number of aryl methyl sites for hydroxylation is 2. The van der Waals surface area contributed by atoms with Gasteiger partial charge >= 0.3 is 0 Å². The maximum Gasteiger partial charge on any atom is 0.122 e. The van der Waals surface area contributed by atoms with Gasteiger partial charge in [0.2, 0.25) is 0 Å². The van der Waals surface area contributed by atoms with Crippen LogP contribution in [-0.2, 0) is 6.42 Å². The molecular formula is C13H19NO. The Balaban J connectivity index is 2.45. The lowest BCUT2D eigenvalue weighted by atomic mass is 9.82. The number of fused-ring (bicyclic) bond motifs is 1. The van der Waals surface area contributed by atoms with Crippen molar-refractivity contribution < 1.29 is 4.74 Å². The summed E-state index contributed by atoms with van der Waals surface area (Å²) in [4.78, 5) is 0. The Kier molecular flexibility index (Phi) is 2.96. The highest BCUT2D eigenvalue weighted by molar-refractivity contribution is 5.44. The third-order valence-corrected chi connectivity index (χ3v) is 3.38. The largest absolute Gasteiger partial charge is 0.496 e. The Morgan fingerprint density at radius 1 is 1.47 bits per heavy atom. The molecule has 0 amide bonds. The van der Waals surface area contributed by atoms with Gasteiger partial charge in [-0.1, -0.05) is 6.07 Å². The van der Waals surface area contributed by atoms with Crippen molar-refractivity contribution in [2.24, 2.45) is 5.73 Å². The first-order chi connectivity index (χ1) is 7.26. The van der Waals surface area contributed by atoms with E-state index in [1.54, 1.807) is 7.11 Å². The normalized spacial score (nSPS) is 19.8. The average Bonchev–Trinajstić information content (AvgIpc) is 2.27. The lowest BCUT2D eigenvalue weighted by Gasteiger charge is -2.25. The van der Waals surface area contributed by atoms with Crippen LogP contribution in [0.2, 0.25) is 0 Å². The Bertz CT molecular complexity index is 360. The van der Waals surface area contributed by atoms with Crippen LogP contribution in [-0.4, -0.2) is 13.7 Å². The van der Waals surface area contributed by atoms with Gasteiger partial charge in [-0.3, -0.25) is 0 Å². The molecule has 82 valence electrons. The molecule has 1 unspecified atom stereocenters. The number of nitrogens with two attached hydrogens (primary N) is 1. The van der Waals surface area contributed by atoms with Gasteiger partial charge < -0.3 is 10.5 Å². The van der Waals surface area contributed by atoms with Crippen LogP contribution in [0.5, 0.6) is 5.75 Å². The summed E-state index contributed by atoms with van der Waals surface area (Å²) < 4.78 is 5.35. The van der Waals surface area contributed by atoms with E-state index in [-0.39, 0.29) is 0 Å². The maximum absolute atomic E-state index is 5.81. The Morgan fingerprint density at radius 3 is 2.93 bits per heavy atom. The fourth-order valence-electron chi connectivity index (χ4n) is 2.51. The van der Waals surface area contributed by atoms with Crippen LogP contribution >= 0.6 is 0 Å². The highest BCUT2D eigenvalue weighted by Gasteiger charge is 2.20. The smallest absolute Gasteiger partial charge is 0.122 e. The molecule has 0 spiro atoms. The standard InChI is InChI=1S/C13H19NO/c1-9-6-12-10(7-13(9)15-2)4-3-5-11(12)8-14/h6-7,11H,3-5,8,14H2,1-2H3. The summed E-state index contributed by atoms with van der Waals surface area (Å²) in [5.74, 6) is 1.56. The molecule has 2 nitrogen and oxygen atoms in total. The van der Waals surface area contributed by atoms with E-state index in [0.717, 1.165) is 12.3 Å². The van der Waals surface area contributed by atoms with Gasteiger partial charge in [0.1, 0.15) is 5.75 Å². The zero-order valence-corrected chi connectivity index (χ0v) is 9.55. The van der Waals surface area contributed by atoms with Gasteiger partial charge in [-0.15, -0.1) is 0 Å². The van der Waals surface area contributed by atoms with Gasteiger partial charge in [-0.25, -0.2) is 0 Å². The van der Waals surface area contributed by atoms with E-state index in [4.69, 9.17) is 10.5 Å². The van der Waals surface area contributed by atoms with Gasteiger partial charge in [0, 0.05) is 0 Å². The predicted molar refractivity (Wildman–Crippen MR) is 62.5 cm³/mol. The summed E-state index contributed by atoms with van der Waals surface area (Å²) >= 11 is 0. The van der Waals surface area contributed by atoms with Gasteiger partial charge in [-0.05, 0) is 61.4 Å². The number of benzene rings is 1. The molecule has 1 aromatic rings. The van der Waals surface area contributed by atoms with Crippen LogP contribution in [0.25, 0.3) is 0 Å². The zero-order chi connectivity index (χ0) is 10.8. The van der Waals surface area contributed by atoms with E-state index < -0.39 is 0 Å². The average molecular weight is 205 g/mol. The quantitative estimate of drug-likeness (QED) is 0.804. The van der Waals surface area contributed by atoms with Crippen molar-refractivity contribution in [2.45, 2.75) is 32.1 Å². The fourth-order valence-corrected chi connectivity index (χ4v) is 2.51. The van der Waals surface area contributed by atoms with Crippen molar-refractivity contribution in [2.75, 3.05) is 13.7 Å². The van der Waals surface area contributed by atoms with Crippen molar-refractivity contribution >= 4 is 0 Å². The zero-order valence-electron chi connectivity index (χ0n) is 9.55. The molecule has 1 atom stereocenters. The number of methoxy groups -OCH3 is 1. The first kappa shape index (κ1) is 10.5. The van der Waals surface area contributed by atoms with E-state index in [0.29, 0.717) is 5.92 Å². The maximum atomic E-state index is 5.81. The van der Waals surface area contributed by atoms with Gasteiger partial charge in [0.15, 0.2) is 0 Å². The molecule has 15 heavy (non-hydrogen) atoms. The molecule has 2 rings (SSSR count). The molecule has 0 fully saturated rings. The van der Waals surface area contributed by atoms with Gasteiger partial charge in [0.25, 0.3) is 0 Å². The van der Waals surface area contributed by atoms with Crippen LogP contribution in [0.1, 0.15) is 35.4 Å². The van der Waals surface area contributed by atoms with E-state index in [2.05, 4.69) is 19.1 Å². The Hall–Kier alpha value is -1.02. The van der Waals surface area contributed by atoms with Crippen molar-refractivity contribution in [3.8, 4) is 5.75 Å². The molecule has 2 heteroatoms. The molecule has 0 saturated carbocycles. The van der Waals surface area contributed by atoms with Crippen LogP contribution in [0.4, 0.5) is 0 Å². The lowest BCUT2D eigenvalue weighted by Crippen LogP contribution is -2.18. The predicted octanol–water partition coefficient (Wildman–Crippen LogP) is 2.38. The van der Waals surface area contributed by atoms with E-state index in [1.165, 1.54) is 36.0 Å². The molecule has 1 aliphatic carbocycles. The number of hydrogen-bond acceptors (Lipinski definition) is 2. The second-order valence-corrected chi connectivity index (χ2v) is 4.35. The van der Waals surface area contributed by atoms with Crippen molar-refractivity contribution in [1.29, 1.82) is 0 Å². The molecule has 0 saturated heterocycles. The summed E-state index contributed by atoms with van der Waals surface area (Å²) in [7, 11) is 1.73. The molecule has 0 aliphatic heterocycles. The molecule has 0 bridgehead atoms. The number of hydrogen-bond donors (Lipinski definition) is 1. The summed E-state index contributed by atoms with van der Waals surface area (Å²) in [6.45, 7) is 2.86. The summed E-state index contributed by atoms with van der Waals surface area (Å²) in [6, 6.07) is 4.44. The van der Waals surface area contributed by atoms with Crippen molar-refractivity contribution in [3.63, 3.8) is 0 Å². The monoisotopic (exact) mass is 205 g/mol. The minimum Gasteiger partial charge on any atom is -0.496 e. The summed E-state index contributed by atoms with van der Waals surface area (Å²) in [6.07, 6.45) is 3.65. The Morgan fingerprint density at radius 2 is 2.27 bits per heavy atom. The Labute approximate surface area is 91.4 Å². The molecule has 1 aliphatic rings. The minimum atomic E-state index is 0.554. The van der Waals surface area contributed by atoms with Crippen molar-refractivity contribution in [3.05, 3.63) is 28.8 Å². The van der Waals surface area contributed by atoms with Gasteiger partial charge in [0.05, 0.1) is 7.11 Å². The second-order valence-electron chi connectivity index (χ2n) is 4.35. The third-order valence-electron chi connectivity index (χ3n) is 3.38. The highest BCUT2D eigenvalue weighted by atomic mass is 16.5.